The lowest BCUT2D eigenvalue weighted by molar-refractivity contribution is 0.510. The highest BCUT2D eigenvalue weighted by atomic mass is 14.9. The molecule has 1 aliphatic carbocycles. The maximum atomic E-state index is 3.92. The molecular weight excluding hydrogens is 218 g/mol. The van der Waals surface area contributed by atoms with Crippen molar-refractivity contribution < 1.29 is 0 Å². The Hall–Kier alpha value is -1.24. The summed E-state index contributed by atoms with van der Waals surface area (Å²) in [5.74, 6) is 0. The van der Waals surface area contributed by atoms with Gasteiger partial charge < -0.3 is 5.32 Å². The molecule has 0 saturated heterocycles. The van der Waals surface area contributed by atoms with E-state index in [4.69, 9.17) is 0 Å². The van der Waals surface area contributed by atoms with Crippen LogP contribution in [0.15, 0.2) is 47.7 Å². The van der Waals surface area contributed by atoms with E-state index in [1.54, 1.807) is 0 Å². The SMILES string of the molecule is C=C/C(=C\C1=CCCC=C1C)NC(CC)CCC. The zero-order chi connectivity index (χ0) is 13.4. The summed E-state index contributed by atoms with van der Waals surface area (Å²) in [5, 5.41) is 3.60. The second-order valence-corrected chi connectivity index (χ2v) is 4.97. The van der Waals surface area contributed by atoms with Crippen LogP contribution < -0.4 is 5.32 Å². The van der Waals surface area contributed by atoms with Crippen LogP contribution in [0.25, 0.3) is 0 Å². The molecular formula is C17H27N. The first kappa shape index (κ1) is 14.8. The van der Waals surface area contributed by atoms with E-state index in [9.17, 15) is 0 Å². The highest BCUT2D eigenvalue weighted by Crippen LogP contribution is 2.20. The Morgan fingerprint density at radius 1 is 1.39 bits per heavy atom. The lowest BCUT2D eigenvalue weighted by Gasteiger charge is -2.19. The summed E-state index contributed by atoms with van der Waals surface area (Å²) in [6, 6.07) is 0.563. The summed E-state index contributed by atoms with van der Waals surface area (Å²) in [6.07, 6.45) is 14.7. The quantitative estimate of drug-likeness (QED) is 0.630. The normalized spacial score (nSPS) is 17.8. The van der Waals surface area contributed by atoms with Crippen molar-refractivity contribution in [3.63, 3.8) is 0 Å². The van der Waals surface area contributed by atoms with Crippen molar-refractivity contribution >= 4 is 0 Å². The molecule has 1 atom stereocenters. The summed E-state index contributed by atoms with van der Waals surface area (Å²) in [7, 11) is 0. The van der Waals surface area contributed by atoms with Crippen molar-refractivity contribution in [1.29, 1.82) is 0 Å². The molecule has 0 amide bonds. The van der Waals surface area contributed by atoms with Crippen LogP contribution in [-0.4, -0.2) is 6.04 Å². The minimum atomic E-state index is 0.563. The molecule has 0 heterocycles. The molecule has 0 aromatic carbocycles. The van der Waals surface area contributed by atoms with E-state index < -0.39 is 0 Å². The highest BCUT2D eigenvalue weighted by Gasteiger charge is 2.07. The van der Waals surface area contributed by atoms with E-state index >= 15 is 0 Å². The summed E-state index contributed by atoms with van der Waals surface area (Å²) in [4.78, 5) is 0. The molecule has 0 spiro atoms. The maximum absolute atomic E-state index is 3.92. The molecule has 0 radical (unpaired) electrons. The van der Waals surface area contributed by atoms with E-state index in [1.807, 2.05) is 6.08 Å². The van der Waals surface area contributed by atoms with Gasteiger partial charge in [0.15, 0.2) is 0 Å². The predicted octanol–water partition coefficient (Wildman–Crippen LogP) is 4.89. The first-order valence-corrected chi connectivity index (χ1v) is 7.19. The van der Waals surface area contributed by atoms with Crippen LogP contribution in [0.5, 0.6) is 0 Å². The lowest BCUT2D eigenvalue weighted by Crippen LogP contribution is -2.27. The van der Waals surface area contributed by atoms with Crippen LogP contribution in [0.1, 0.15) is 52.9 Å². The van der Waals surface area contributed by atoms with Gasteiger partial charge in [0.25, 0.3) is 0 Å². The monoisotopic (exact) mass is 245 g/mol. The standard InChI is InChI=1S/C17H27N/c1-5-10-16(6-2)18-17(7-3)13-15-12-9-8-11-14(15)4/h7,11-13,16,18H,3,5-6,8-10H2,1-2,4H3/b17-13+. The minimum absolute atomic E-state index is 0.563. The van der Waals surface area contributed by atoms with Crippen LogP contribution in [0.4, 0.5) is 0 Å². The van der Waals surface area contributed by atoms with E-state index in [-0.39, 0.29) is 0 Å². The van der Waals surface area contributed by atoms with E-state index in [0.29, 0.717) is 6.04 Å². The first-order chi connectivity index (χ1) is 8.71. The Kier molecular flexibility index (Phi) is 6.56. The fourth-order valence-electron chi connectivity index (χ4n) is 2.28. The van der Waals surface area contributed by atoms with Gasteiger partial charge in [0.05, 0.1) is 0 Å². The Morgan fingerprint density at radius 2 is 2.11 bits per heavy atom. The fourth-order valence-corrected chi connectivity index (χ4v) is 2.28. The van der Waals surface area contributed by atoms with Crippen LogP contribution in [0.2, 0.25) is 0 Å². The Balaban J connectivity index is 2.73. The van der Waals surface area contributed by atoms with Crippen molar-refractivity contribution in [2.24, 2.45) is 0 Å². The van der Waals surface area contributed by atoms with Crippen molar-refractivity contribution in [1.82, 2.24) is 5.32 Å². The van der Waals surface area contributed by atoms with Gasteiger partial charge in [-0.25, -0.2) is 0 Å². The van der Waals surface area contributed by atoms with Crippen LogP contribution in [-0.2, 0) is 0 Å². The van der Waals surface area contributed by atoms with Gasteiger partial charge in [-0.05, 0) is 55.9 Å². The molecule has 1 aliphatic rings. The molecule has 0 aliphatic heterocycles. The number of nitrogens with one attached hydrogen (secondary N) is 1. The largest absolute Gasteiger partial charge is 0.382 e. The van der Waals surface area contributed by atoms with Gasteiger partial charge in [-0.3, -0.25) is 0 Å². The molecule has 1 rings (SSSR count). The third-order valence-electron chi connectivity index (χ3n) is 3.47. The average molecular weight is 245 g/mol. The molecule has 0 fully saturated rings. The minimum Gasteiger partial charge on any atom is -0.382 e. The van der Waals surface area contributed by atoms with Crippen LogP contribution in [0, 0.1) is 0 Å². The zero-order valence-corrected chi connectivity index (χ0v) is 12.1. The van der Waals surface area contributed by atoms with Crippen LogP contribution in [0.3, 0.4) is 0 Å². The third-order valence-corrected chi connectivity index (χ3v) is 3.47. The molecule has 0 bridgehead atoms. The van der Waals surface area contributed by atoms with Gasteiger partial charge in [0.2, 0.25) is 0 Å². The summed E-state index contributed by atoms with van der Waals surface area (Å²) in [5.41, 5.74) is 3.87. The van der Waals surface area contributed by atoms with E-state index in [2.05, 4.69) is 50.9 Å². The molecule has 1 unspecified atom stereocenters. The van der Waals surface area contributed by atoms with Crippen molar-refractivity contribution in [3.05, 3.63) is 47.7 Å². The number of allylic oxidation sites excluding steroid dienone is 6. The van der Waals surface area contributed by atoms with E-state index in [0.717, 1.165) is 18.5 Å². The molecule has 0 aromatic rings. The van der Waals surface area contributed by atoms with Crippen molar-refractivity contribution in [3.8, 4) is 0 Å². The van der Waals surface area contributed by atoms with Gasteiger partial charge >= 0.3 is 0 Å². The Bertz CT molecular complexity index is 358. The molecule has 1 N–H and O–H groups in total. The van der Waals surface area contributed by atoms with Crippen molar-refractivity contribution in [2.75, 3.05) is 0 Å². The molecule has 0 aromatic heterocycles. The summed E-state index contributed by atoms with van der Waals surface area (Å²) < 4.78 is 0. The molecule has 0 saturated carbocycles. The van der Waals surface area contributed by atoms with Gasteiger partial charge in [-0.1, -0.05) is 39.0 Å². The van der Waals surface area contributed by atoms with Crippen LogP contribution >= 0.6 is 0 Å². The first-order valence-electron chi connectivity index (χ1n) is 7.19. The third kappa shape index (κ3) is 4.56. The highest BCUT2D eigenvalue weighted by molar-refractivity contribution is 5.43. The molecule has 1 heteroatoms. The fraction of sp³-hybridized carbons (Fsp3) is 0.529. The smallest absolute Gasteiger partial charge is 0.0342 e. The summed E-state index contributed by atoms with van der Waals surface area (Å²) >= 11 is 0. The Morgan fingerprint density at radius 3 is 2.67 bits per heavy atom. The molecule has 18 heavy (non-hydrogen) atoms. The van der Waals surface area contributed by atoms with Gasteiger partial charge in [0.1, 0.15) is 0 Å². The molecule has 100 valence electrons. The second kappa shape index (κ2) is 7.97. The zero-order valence-electron chi connectivity index (χ0n) is 12.1. The number of hydrogen-bond acceptors (Lipinski definition) is 1. The Labute approximate surface area is 112 Å². The predicted molar refractivity (Wildman–Crippen MR) is 81.5 cm³/mol. The maximum Gasteiger partial charge on any atom is 0.0342 e. The average Bonchev–Trinajstić information content (AvgIpc) is 2.39. The lowest BCUT2D eigenvalue weighted by atomic mass is 9.98. The van der Waals surface area contributed by atoms with Gasteiger partial charge in [0, 0.05) is 11.7 Å². The number of rotatable bonds is 7. The molecule has 1 nitrogen and oxygen atoms in total. The topological polar surface area (TPSA) is 12.0 Å². The van der Waals surface area contributed by atoms with Gasteiger partial charge in [-0.15, -0.1) is 0 Å². The second-order valence-electron chi connectivity index (χ2n) is 4.97. The van der Waals surface area contributed by atoms with Crippen molar-refractivity contribution in [2.45, 2.75) is 58.9 Å². The van der Waals surface area contributed by atoms with E-state index in [1.165, 1.54) is 30.4 Å². The number of hydrogen-bond donors (Lipinski definition) is 1. The van der Waals surface area contributed by atoms with Gasteiger partial charge in [-0.2, -0.15) is 0 Å². The summed E-state index contributed by atoms with van der Waals surface area (Å²) in [6.45, 7) is 10.6.